The first-order valence-electron chi connectivity index (χ1n) is 6.37. The van der Waals surface area contributed by atoms with Crippen molar-refractivity contribution in [1.82, 2.24) is 0 Å². The van der Waals surface area contributed by atoms with Crippen molar-refractivity contribution in [3.63, 3.8) is 0 Å². The fourth-order valence-corrected chi connectivity index (χ4v) is 2.39. The van der Waals surface area contributed by atoms with E-state index in [9.17, 15) is 9.59 Å². The number of rotatable bonds is 3. The van der Waals surface area contributed by atoms with E-state index >= 15 is 0 Å². The van der Waals surface area contributed by atoms with Crippen LogP contribution >= 0.6 is 0 Å². The Hall–Kier alpha value is -1.06. The molecule has 0 spiro atoms. The summed E-state index contributed by atoms with van der Waals surface area (Å²) in [5.41, 5.74) is -0.531. The Morgan fingerprint density at radius 2 is 2.18 bits per heavy atom. The maximum Gasteiger partial charge on any atom is 0.348 e. The number of fused-ring (bicyclic) bond motifs is 1. The molecule has 0 aromatic carbocycles. The summed E-state index contributed by atoms with van der Waals surface area (Å²) in [6.07, 6.45) is 2.88. The molecule has 2 fully saturated rings. The third-order valence-electron chi connectivity index (χ3n) is 4.06. The van der Waals surface area contributed by atoms with Crippen molar-refractivity contribution in [1.29, 1.82) is 0 Å². The topological polar surface area (TPSA) is 52.6 Å². The average Bonchev–Trinajstić information content (AvgIpc) is 2.82. The van der Waals surface area contributed by atoms with Gasteiger partial charge in [-0.05, 0) is 39.5 Å². The third kappa shape index (κ3) is 2.17. The van der Waals surface area contributed by atoms with Gasteiger partial charge in [0, 0.05) is 5.92 Å². The van der Waals surface area contributed by atoms with Crippen LogP contribution in [0.2, 0.25) is 0 Å². The van der Waals surface area contributed by atoms with E-state index in [1.807, 2.05) is 20.8 Å². The SMILES string of the molecule is CCC(C)(C)C(=O)O[C@@H]1C(=O)O[C@@H]2CCC[C@H]12. The molecule has 0 radical (unpaired) electrons. The van der Waals surface area contributed by atoms with Gasteiger partial charge in [0.15, 0.2) is 0 Å². The van der Waals surface area contributed by atoms with Crippen molar-refractivity contribution in [2.24, 2.45) is 11.3 Å². The molecule has 17 heavy (non-hydrogen) atoms. The van der Waals surface area contributed by atoms with Gasteiger partial charge in [-0.1, -0.05) is 6.92 Å². The summed E-state index contributed by atoms with van der Waals surface area (Å²) >= 11 is 0. The van der Waals surface area contributed by atoms with Crippen molar-refractivity contribution in [2.45, 2.75) is 58.7 Å². The predicted molar refractivity (Wildman–Crippen MR) is 61.2 cm³/mol. The number of ether oxygens (including phenoxy) is 2. The molecule has 4 nitrogen and oxygen atoms in total. The Balaban J connectivity index is 2.03. The maximum absolute atomic E-state index is 12.0. The van der Waals surface area contributed by atoms with E-state index < -0.39 is 11.5 Å². The highest BCUT2D eigenvalue weighted by atomic mass is 16.6. The van der Waals surface area contributed by atoms with E-state index in [2.05, 4.69) is 0 Å². The van der Waals surface area contributed by atoms with Crippen LogP contribution in [0.3, 0.4) is 0 Å². The average molecular weight is 240 g/mol. The summed E-state index contributed by atoms with van der Waals surface area (Å²) in [6.45, 7) is 5.61. The lowest BCUT2D eigenvalue weighted by atomic mass is 9.90. The van der Waals surface area contributed by atoms with Gasteiger partial charge in [-0.2, -0.15) is 0 Å². The Bertz CT molecular complexity index is 334. The molecule has 2 aliphatic rings. The Kier molecular flexibility index (Phi) is 3.15. The second-order valence-electron chi connectivity index (χ2n) is 5.63. The van der Waals surface area contributed by atoms with E-state index in [1.165, 1.54) is 0 Å². The minimum absolute atomic E-state index is 0.0231. The second kappa shape index (κ2) is 4.31. The summed E-state index contributed by atoms with van der Waals surface area (Å²) in [4.78, 5) is 23.6. The molecule has 96 valence electrons. The summed E-state index contributed by atoms with van der Waals surface area (Å²) < 4.78 is 10.6. The lowest BCUT2D eigenvalue weighted by Gasteiger charge is -2.23. The Morgan fingerprint density at radius 3 is 2.82 bits per heavy atom. The van der Waals surface area contributed by atoms with Gasteiger partial charge in [0.25, 0.3) is 0 Å². The van der Waals surface area contributed by atoms with Crippen LogP contribution < -0.4 is 0 Å². The summed E-state index contributed by atoms with van der Waals surface area (Å²) in [5, 5.41) is 0. The molecule has 0 aromatic heterocycles. The highest BCUT2D eigenvalue weighted by Gasteiger charge is 2.50. The number of esters is 2. The molecule has 1 saturated heterocycles. The van der Waals surface area contributed by atoms with Gasteiger partial charge in [-0.15, -0.1) is 0 Å². The lowest BCUT2D eigenvalue weighted by molar-refractivity contribution is -0.169. The number of hydrogen-bond acceptors (Lipinski definition) is 4. The smallest absolute Gasteiger partial charge is 0.348 e. The van der Waals surface area contributed by atoms with Crippen molar-refractivity contribution in [2.75, 3.05) is 0 Å². The first-order valence-corrected chi connectivity index (χ1v) is 6.37. The zero-order valence-electron chi connectivity index (χ0n) is 10.7. The highest BCUT2D eigenvalue weighted by Crippen LogP contribution is 2.39. The molecular weight excluding hydrogens is 220 g/mol. The first kappa shape index (κ1) is 12.4. The second-order valence-corrected chi connectivity index (χ2v) is 5.63. The molecular formula is C13H20O4. The van der Waals surface area contributed by atoms with E-state index in [0.717, 1.165) is 19.3 Å². The van der Waals surface area contributed by atoms with E-state index in [0.29, 0.717) is 6.42 Å². The lowest BCUT2D eigenvalue weighted by Crippen LogP contribution is -2.35. The summed E-state index contributed by atoms with van der Waals surface area (Å²) in [7, 11) is 0. The van der Waals surface area contributed by atoms with Crippen LogP contribution in [0.5, 0.6) is 0 Å². The molecule has 0 amide bonds. The van der Waals surface area contributed by atoms with Crippen LogP contribution in [-0.4, -0.2) is 24.1 Å². The molecule has 2 rings (SSSR count). The molecule has 4 heteroatoms. The van der Waals surface area contributed by atoms with Gasteiger partial charge >= 0.3 is 11.9 Å². The maximum atomic E-state index is 12.0. The number of carbonyl (C=O) groups excluding carboxylic acids is 2. The van der Waals surface area contributed by atoms with Gasteiger partial charge in [-0.3, -0.25) is 4.79 Å². The van der Waals surface area contributed by atoms with Crippen LogP contribution in [0.1, 0.15) is 46.5 Å². The first-order chi connectivity index (χ1) is 7.95. The van der Waals surface area contributed by atoms with Crippen LogP contribution in [0.15, 0.2) is 0 Å². The van der Waals surface area contributed by atoms with Crippen LogP contribution in [0.4, 0.5) is 0 Å². The highest BCUT2D eigenvalue weighted by molar-refractivity contribution is 5.83. The molecule has 0 N–H and O–H groups in total. The van der Waals surface area contributed by atoms with Gasteiger partial charge in [0.05, 0.1) is 5.41 Å². The van der Waals surface area contributed by atoms with Crippen molar-refractivity contribution in [3.05, 3.63) is 0 Å². The van der Waals surface area contributed by atoms with Crippen LogP contribution in [-0.2, 0) is 19.1 Å². The van der Waals surface area contributed by atoms with Crippen LogP contribution in [0, 0.1) is 11.3 Å². The minimum Gasteiger partial charge on any atom is -0.459 e. The van der Waals surface area contributed by atoms with E-state index in [-0.39, 0.29) is 24.0 Å². The van der Waals surface area contributed by atoms with Gasteiger partial charge < -0.3 is 9.47 Å². The predicted octanol–water partition coefficient (Wildman–Crippen LogP) is 2.06. The van der Waals surface area contributed by atoms with E-state index in [1.54, 1.807) is 0 Å². The summed E-state index contributed by atoms with van der Waals surface area (Å²) in [5.74, 6) is -0.575. The number of carbonyl (C=O) groups is 2. The molecule has 1 aliphatic heterocycles. The van der Waals surface area contributed by atoms with Gasteiger partial charge in [0.2, 0.25) is 6.10 Å². The number of hydrogen-bond donors (Lipinski definition) is 0. The quantitative estimate of drug-likeness (QED) is 0.708. The van der Waals surface area contributed by atoms with Crippen molar-refractivity contribution >= 4 is 11.9 Å². The van der Waals surface area contributed by atoms with Crippen molar-refractivity contribution in [3.8, 4) is 0 Å². The molecule has 1 aliphatic carbocycles. The largest absolute Gasteiger partial charge is 0.459 e. The zero-order valence-corrected chi connectivity index (χ0v) is 10.7. The molecule has 0 bridgehead atoms. The fourth-order valence-electron chi connectivity index (χ4n) is 2.39. The Labute approximate surface area is 102 Å². The minimum atomic E-state index is -0.666. The fraction of sp³-hybridized carbons (Fsp3) is 0.846. The standard InChI is InChI=1S/C13H20O4/c1-4-13(2,3)12(15)17-10-8-6-5-7-9(8)16-11(10)14/h8-10H,4-7H2,1-3H3/t8-,9+,10-/m0/s1. The zero-order chi connectivity index (χ0) is 12.6. The monoisotopic (exact) mass is 240 g/mol. The molecule has 3 atom stereocenters. The van der Waals surface area contributed by atoms with Crippen molar-refractivity contribution < 1.29 is 19.1 Å². The normalized spacial score (nSPS) is 32.2. The van der Waals surface area contributed by atoms with E-state index in [4.69, 9.17) is 9.47 Å². The van der Waals surface area contributed by atoms with Crippen LogP contribution in [0.25, 0.3) is 0 Å². The molecule has 0 unspecified atom stereocenters. The van der Waals surface area contributed by atoms with Gasteiger partial charge in [0.1, 0.15) is 6.10 Å². The van der Waals surface area contributed by atoms with Gasteiger partial charge in [-0.25, -0.2) is 4.79 Å². The third-order valence-corrected chi connectivity index (χ3v) is 4.06. The Morgan fingerprint density at radius 1 is 1.47 bits per heavy atom. The molecule has 0 aromatic rings. The molecule has 1 heterocycles. The summed E-state index contributed by atoms with van der Waals surface area (Å²) in [6, 6.07) is 0. The molecule has 1 saturated carbocycles.